The molecule has 48 heavy (non-hydrogen) atoms. The molecule has 1 aromatic carbocycles. The van der Waals surface area contributed by atoms with Gasteiger partial charge in [0.15, 0.2) is 0 Å². The van der Waals surface area contributed by atoms with Crippen LogP contribution in [0.4, 0.5) is 0 Å². The lowest BCUT2D eigenvalue weighted by Crippen LogP contribution is -2.35. The zero-order chi connectivity index (χ0) is 33.6. The maximum atomic E-state index is 11.5. The van der Waals surface area contributed by atoms with Gasteiger partial charge >= 0.3 is 0 Å². The predicted octanol–water partition coefficient (Wildman–Crippen LogP) is 4.93. The van der Waals surface area contributed by atoms with Crippen molar-refractivity contribution in [3.8, 4) is 45.5 Å². The number of nitrogens with zero attached hydrogens (tertiary/aromatic N) is 3. The van der Waals surface area contributed by atoms with E-state index in [1.807, 2.05) is 48.5 Å². The van der Waals surface area contributed by atoms with Crippen LogP contribution in [0.5, 0.6) is 11.8 Å². The molecule has 2 aliphatic rings. The van der Waals surface area contributed by atoms with Crippen molar-refractivity contribution in [2.75, 3.05) is 27.3 Å². The van der Waals surface area contributed by atoms with Crippen LogP contribution >= 0.6 is 23.2 Å². The molecule has 2 saturated heterocycles. The molecular weight excluding hydrogens is 653 g/mol. The highest BCUT2D eigenvalue weighted by molar-refractivity contribution is 6.39. The lowest BCUT2D eigenvalue weighted by atomic mass is 10.0. The number of nitrogens with one attached hydrogen (secondary N) is 4. The van der Waals surface area contributed by atoms with Crippen LogP contribution in [0.1, 0.15) is 36.8 Å². The number of carbonyl (C=O) groups is 2. The molecule has 5 heterocycles. The molecule has 4 aromatic rings. The van der Waals surface area contributed by atoms with Gasteiger partial charge in [0.25, 0.3) is 0 Å². The number of ether oxygens (including phenoxy) is 2. The molecule has 2 amide bonds. The fourth-order valence-corrected chi connectivity index (χ4v) is 6.65. The van der Waals surface area contributed by atoms with Crippen LogP contribution < -0.4 is 30.7 Å². The van der Waals surface area contributed by atoms with E-state index in [-0.39, 0.29) is 23.9 Å². The van der Waals surface area contributed by atoms with E-state index in [1.165, 1.54) is 0 Å². The number of methoxy groups -OCH3 is 2. The quantitative estimate of drug-likeness (QED) is 0.154. The van der Waals surface area contributed by atoms with Crippen LogP contribution in [0.25, 0.3) is 33.8 Å². The van der Waals surface area contributed by atoms with Crippen molar-refractivity contribution in [2.24, 2.45) is 0 Å². The van der Waals surface area contributed by atoms with Gasteiger partial charge < -0.3 is 30.7 Å². The number of benzene rings is 1. The Kier molecular flexibility index (Phi) is 10.7. The number of hydrogen-bond acceptors (Lipinski definition) is 9. The number of carbonyl (C=O) groups excluding carboxylic acids is 2. The van der Waals surface area contributed by atoms with Crippen molar-refractivity contribution >= 4 is 35.0 Å². The number of amides is 2. The van der Waals surface area contributed by atoms with Crippen LogP contribution in [-0.4, -0.2) is 66.2 Å². The Morgan fingerprint density at radius 2 is 1.25 bits per heavy atom. The van der Waals surface area contributed by atoms with Crippen LogP contribution in [0.15, 0.2) is 54.7 Å². The second-order valence-electron chi connectivity index (χ2n) is 11.8. The van der Waals surface area contributed by atoms with E-state index >= 15 is 0 Å². The summed E-state index contributed by atoms with van der Waals surface area (Å²) in [6.07, 6.45) is 4.47. The van der Waals surface area contributed by atoms with Crippen molar-refractivity contribution < 1.29 is 19.1 Å². The van der Waals surface area contributed by atoms with E-state index in [0.717, 1.165) is 24.0 Å². The summed E-state index contributed by atoms with van der Waals surface area (Å²) in [4.78, 5) is 37.1. The van der Waals surface area contributed by atoms with Crippen molar-refractivity contribution in [1.29, 1.82) is 0 Å². The highest BCUT2D eigenvalue weighted by atomic mass is 35.5. The molecule has 0 radical (unpaired) electrons. The summed E-state index contributed by atoms with van der Waals surface area (Å²) >= 11 is 14.0. The summed E-state index contributed by atoms with van der Waals surface area (Å²) in [5, 5.41) is 13.5. The number of halogens is 2. The molecule has 11 nitrogen and oxygen atoms in total. The average molecular weight is 691 g/mol. The first-order chi connectivity index (χ1) is 23.3. The minimum absolute atomic E-state index is 0.0932. The van der Waals surface area contributed by atoms with Gasteiger partial charge in [-0.3, -0.25) is 14.6 Å². The third kappa shape index (κ3) is 7.55. The van der Waals surface area contributed by atoms with Gasteiger partial charge in [-0.2, -0.15) is 0 Å². The summed E-state index contributed by atoms with van der Waals surface area (Å²) in [7, 11) is 3.17. The first kappa shape index (κ1) is 33.6. The maximum Gasteiger partial charge on any atom is 0.220 e. The first-order valence-corrected chi connectivity index (χ1v) is 16.6. The topological polar surface area (TPSA) is 139 Å². The van der Waals surface area contributed by atoms with Crippen molar-refractivity contribution in [1.82, 2.24) is 36.2 Å². The van der Waals surface area contributed by atoms with E-state index in [9.17, 15) is 9.59 Å². The first-order valence-electron chi connectivity index (χ1n) is 15.9. The third-order valence-corrected chi connectivity index (χ3v) is 9.33. The fraction of sp³-hybridized carbons (Fsp3) is 0.343. The van der Waals surface area contributed by atoms with E-state index in [0.29, 0.717) is 94.6 Å². The molecule has 0 unspecified atom stereocenters. The summed E-state index contributed by atoms with van der Waals surface area (Å²) in [6.45, 7) is 2.42. The lowest BCUT2D eigenvalue weighted by molar-refractivity contribution is -0.120. The molecule has 3 aromatic heterocycles. The number of hydrogen-bond donors (Lipinski definition) is 4. The van der Waals surface area contributed by atoms with Gasteiger partial charge in [0.1, 0.15) is 0 Å². The summed E-state index contributed by atoms with van der Waals surface area (Å²) in [5.74, 6) is 1.15. The van der Waals surface area contributed by atoms with Gasteiger partial charge in [-0.15, -0.1) is 0 Å². The van der Waals surface area contributed by atoms with E-state index in [4.69, 9.17) is 42.6 Å². The predicted molar refractivity (Wildman–Crippen MR) is 185 cm³/mol. The standard InChI is InChI=1S/C35H37Cl2N7O4/c1-47-34-20(16-38-18-22-8-12-29(45)41-22)6-10-27(43-34)24-4-3-5-26(31(24)36)33-32(37)25(14-15-40-33)28-11-7-21(35(44-28)48-2)17-39-19-23-9-13-30(46)42-23/h3-7,10-11,14-15,22-23,38-39H,8-9,12-13,16-19H2,1-2H3,(H,41,45)(H,42,46)/t22-,23-/m1/s1. The Hall–Kier alpha value is -4.29. The van der Waals surface area contributed by atoms with Crippen molar-refractivity contribution in [3.63, 3.8) is 0 Å². The monoisotopic (exact) mass is 689 g/mol. The third-order valence-electron chi connectivity index (χ3n) is 8.54. The molecule has 2 fully saturated rings. The Balaban J connectivity index is 1.20. The minimum Gasteiger partial charge on any atom is -0.481 e. The van der Waals surface area contributed by atoms with Crippen LogP contribution in [0.3, 0.4) is 0 Å². The zero-order valence-corrected chi connectivity index (χ0v) is 28.3. The van der Waals surface area contributed by atoms with Gasteiger partial charge in [-0.25, -0.2) is 9.97 Å². The van der Waals surface area contributed by atoms with E-state index < -0.39 is 0 Å². The van der Waals surface area contributed by atoms with Crippen LogP contribution in [0.2, 0.25) is 10.0 Å². The van der Waals surface area contributed by atoms with Gasteiger partial charge in [0.2, 0.25) is 23.6 Å². The Labute approximate surface area is 289 Å². The van der Waals surface area contributed by atoms with Crippen LogP contribution in [-0.2, 0) is 22.7 Å². The Morgan fingerprint density at radius 3 is 1.75 bits per heavy atom. The molecule has 0 spiro atoms. The van der Waals surface area contributed by atoms with Gasteiger partial charge in [-0.1, -0.05) is 53.5 Å². The highest BCUT2D eigenvalue weighted by Gasteiger charge is 2.22. The lowest BCUT2D eigenvalue weighted by Gasteiger charge is -2.16. The Morgan fingerprint density at radius 1 is 0.729 bits per heavy atom. The summed E-state index contributed by atoms with van der Waals surface area (Å²) < 4.78 is 11.3. The van der Waals surface area contributed by atoms with Crippen molar-refractivity contribution in [3.05, 3.63) is 75.9 Å². The molecule has 4 N–H and O–H groups in total. The highest BCUT2D eigenvalue weighted by Crippen LogP contribution is 2.41. The number of pyridine rings is 3. The van der Waals surface area contributed by atoms with Crippen LogP contribution in [0, 0.1) is 0 Å². The smallest absolute Gasteiger partial charge is 0.220 e. The fourth-order valence-electron chi connectivity index (χ4n) is 6.03. The number of rotatable bonds is 13. The molecule has 0 bridgehead atoms. The molecule has 2 aliphatic heterocycles. The zero-order valence-electron chi connectivity index (χ0n) is 26.7. The molecule has 0 aliphatic carbocycles. The summed E-state index contributed by atoms with van der Waals surface area (Å²) in [5.41, 5.74) is 5.60. The molecule has 2 atom stereocenters. The van der Waals surface area contributed by atoms with E-state index in [2.05, 4.69) is 26.3 Å². The second kappa shape index (κ2) is 15.3. The number of aromatic nitrogens is 3. The molecule has 0 saturated carbocycles. The SMILES string of the molecule is COc1nc(-c2cccc(-c3nccc(-c4ccc(CNC[C@H]5CCC(=O)N5)c(OC)n4)c3Cl)c2Cl)ccc1CNC[C@H]1CCC(=O)N1. The van der Waals surface area contributed by atoms with Gasteiger partial charge in [0, 0.05) is 85.1 Å². The Bertz CT molecular complexity index is 1690. The molecule has 13 heteroatoms. The second-order valence-corrected chi connectivity index (χ2v) is 12.5. The normalized spacial score (nSPS) is 17.3. The molecule has 6 rings (SSSR count). The molecule has 250 valence electrons. The van der Waals surface area contributed by atoms with Gasteiger partial charge in [0.05, 0.1) is 41.3 Å². The van der Waals surface area contributed by atoms with Gasteiger partial charge in [-0.05, 0) is 31.0 Å². The summed E-state index contributed by atoms with van der Waals surface area (Å²) in [6, 6.07) is 15.5. The molecular formula is C35H37Cl2N7O4. The van der Waals surface area contributed by atoms with Crippen molar-refractivity contribution in [2.45, 2.75) is 50.9 Å². The largest absolute Gasteiger partial charge is 0.481 e. The van der Waals surface area contributed by atoms with E-state index in [1.54, 1.807) is 20.4 Å². The maximum absolute atomic E-state index is 11.5. The average Bonchev–Trinajstić information content (AvgIpc) is 3.72. The minimum atomic E-state index is 0.0932.